The van der Waals surface area contributed by atoms with Gasteiger partial charge in [-0.15, -0.1) is 0 Å². The van der Waals surface area contributed by atoms with E-state index in [1.54, 1.807) is 14.0 Å². The van der Waals surface area contributed by atoms with Gasteiger partial charge in [-0.2, -0.15) is 0 Å². The standard InChI is InChI=1S/C18H31N5O3S/c1-4-19-18(20-9-10-21-27(24,25)5-2)23-13-11-22(12-14-23)16-7-6-8-17(15-16)26-3/h6-8,15,21H,4-5,9-14H2,1-3H3,(H,19,20). The van der Waals surface area contributed by atoms with Crippen molar-refractivity contribution >= 4 is 21.7 Å². The van der Waals surface area contributed by atoms with Gasteiger partial charge in [0.2, 0.25) is 10.0 Å². The highest BCUT2D eigenvalue weighted by molar-refractivity contribution is 7.89. The van der Waals surface area contributed by atoms with Gasteiger partial charge in [0.1, 0.15) is 5.75 Å². The molecule has 9 heteroatoms. The Bertz CT molecular complexity index is 715. The quantitative estimate of drug-likeness (QED) is 0.382. The van der Waals surface area contributed by atoms with E-state index < -0.39 is 10.0 Å². The molecule has 152 valence electrons. The van der Waals surface area contributed by atoms with Crippen LogP contribution < -0.4 is 19.7 Å². The molecule has 1 fully saturated rings. The molecular formula is C18H31N5O3S. The lowest BCUT2D eigenvalue weighted by Gasteiger charge is -2.37. The monoisotopic (exact) mass is 397 g/mol. The van der Waals surface area contributed by atoms with Crippen LogP contribution in [0.25, 0.3) is 0 Å². The van der Waals surface area contributed by atoms with Gasteiger partial charge in [0.25, 0.3) is 0 Å². The van der Waals surface area contributed by atoms with Crippen molar-refractivity contribution < 1.29 is 13.2 Å². The zero-order valence-corrected chi connectivity index (χ0v) is 17.3. The smallest absolute Gasteiger partial charge is 0.211 e. The molecule has 0 amide bonds. The highest BCUT2D eigenvalue weighted by atomic mass is 32.2. The molecule has 2 N–H and O–H groups in total. The number of sulfonamides is 1. The van der Waals surface area contributed by atoms with Gasteiger partial charge in [-0.05, 0) is 26.0 Å². The minimum atomic E-state index is -3.17. The number of anilines is 1. The number of nitrogens with one attached hydrogen (secondary N) is 2. The first kappa shape index (κ1) is 21.3. The average Bonchev–Trinajstić information content (AvgIpc) is 2.70. The molecule has 1 aromatic rings. The number of aliphatic imine (C=N–C) groups is 1. The minimum absolute atomic E-state index is 0.0863. The lowest BCUT2D eigenvalue weighted by atomic mass is 10.2. The predicted molar refractivity (Wildman–Crippen MR) is 110 cm³/mol. The van der Waals surface area contributed by atoms with Crippen molar-refractivity contribution in [2.45, 2.75) is 13.8 Å². The van der Waals surface area contributed by atoms with Crippen LogP contribution in [-0.2, 0) is 10.0 Å². The topological polar surface area (TPSA) is 86.3 Å². The maximum atomic E-state index is 11.5. The number of hydrogen-bond acceptors (Lipinski definition) is 5. The van der Waals surface area contributed by atoms with Crippen LogP contribution in [0.15, 0.2) is 29.3 Å². The molecule has 0 radical (unpaired) electrons. The van der Waals surface area contributed by atoms with E-state index in [4.69, 9.17) is 4.74 Å². The fourth-order valence-corrected chi connectivity index (χ4v) is 3.48. The number of nitrogens with zero attached hydrogens (tertiary/aromatic N) is 3. The van der Waals surface area contributed by atoms with E-state index in [0.717, 1.165) is 50.1 Å². The average molecular weight is 398 g/mol. The van der Waals surface area contributed by atoms with Crippen LogP contribution in [0, 0.1) is 0 Å². The predicted octanol–water partition coefficient (Wildman–Crippen LogP) is 0.722. The fourth-order valence-electron chi connectivity index (χ4n) is 2.87. The maximum absolute atomic E-state index is 11.5. The SMILES string of the molecule is CCNC(=NCCNS(=O)(=O)CC)N1CCN(c2cccc(OC)c2)CC1. The van der Waals surface area contributed by atoms with Crippen molar-refractivity contribution in [1.82, 2.24) is 14.9 Å². The third kappa shape index (κ3) is 6.59. The van der Waals surface area contributed by atoms with Gasteiger partial charge >= 0.3 is 0 Å². The molecule has 8 nitrogen and oxygen atoms in total. The van der Waals surface area contributed by atoms with Crippen molar-refractivity contribution in [2.24, 2.45) is 4.99 Å². The zero-order chi connectivity index (χ0) is 19.7. The Kier molecular flexibility index (Phi) is 8.18. The van der Waals surface area contributed by atoms with E-state index in [-0.39, 0.29) is 5.75 Å². The number of rotatable bonds is 8. The largest absolute Gasteiger partial charge is 0.497 e. The fraction of sp³-hybridized carbons (Fsp3) is 0.611. The number of guanidine groups is 1. The number of benzene rings is 1. The molecule has 0 aliphatic carbocycles. The Balaban J connectivity index is 1.91. The summed E-state index contributed by atoms with van der Waals surface area (Å²) >= 11 is 0. The molecule has 1 aliphatic rings. The highest BCUT2D eigenvalue weighted by Crippen LogP contribution is 2.22. The van der Waals surface area contributed by atoms with E-state index >= 15 is 0 Å². The zero-order valence-electron chi connectivity index (χ0n) is 16.4. The number of piperazine rings is 1. The summed E-state index contributed by atoms with van der Waals surface area (Å²) in [5, 5.41) is 3.30. The number of ether oxygens (including phenoxy) is 1. The number of hydrogen-bond donors (Lipinski definition) is 2. The molecule has 0 atom stereocenters. The van der Waals surface area contributed by atoms with Gasteiger partial charge in [0, 0.05) is 51.0 Å². The third-order valence-electron chi connectivity index (χ3n) is 4.41. The van der Waals surface area contributed by atoms with Gasteiger partial charge < -0.3 is 19.9 Å². The van der Waals surface area contributed by atoms with E-state index in [9.17, 15) is 8.42 Å². The first-order valence-corrected chi connectivity index (χ1v) is 11.0. The summed E-state index contributed by atoms with van der Waals surface area (Å²) in [6.45, 7) is 8.63. The van der Waals surface area contributed by atoms with E-state index in [1.165, 1.54) is 0 Å². The van der Waals surface area contributed by atoms with Crippen LogP contribution in [0.3, 0.4) is 0 Å². The highest BCUT2D eigenvalue weighted by Gasteiger charge is 2.20. The van der Waals surface area contributed by atoms with Crippen molar-refractivity contribution in [3.8, 4) is 5.75 Å². The van der Waals surface area contributed by atoms with E-state index in [2.05, 4.69) is 37.0 Å². The summed E-state index contributed by atoms with van der Waals surface area (Å²) in [5.74, 6) is 1.78. The molecule has 1 heterocycles. The lowest BCUT2D eigenvalue weighted by molar-refractivity contribution is 0.372. The Hall–Kier alpha value is -2.00. The van der Waals surface area contributed by atoms with Gasteiger partial charge in [0.15, 0.2) is 5.96 Å². The summed E-state index contributed by atoms with van der Waals surface area (Å²) in [5.41, 5.74) is 1.16. The second-order valence-electron chi connectivity index (χ2n) is 6.21. The Morgan fingerprint density at radius 1 is 1.22 bits per heavy atom. The maximum Gasteiger partial charge on any atom is 0.211 e. The summed E-state index contributed by atoms with van der Waals surface area (Å²) in [7, 11) is -1.49. The van der Waals surface area contributed by atoms with Crippen molar-refractivity contribution in [1.29, 1.82) is 0 Å². The second-order valence-corrected chi connectivity index (χ2v) is 8.30. The second kappa shape index (κ2) is 10.4. The Labute approximate surface area is 162 Å². The van der Waals surface area contributed by atoms with Gasteiger partial charge in [-0.3, -0.25) is 4.99 Å². The van der Waals surface area contributed by atoms with Crippen LogP contribution in [0.5, 0.6) is 5.75 Å². The molecule has 2 rings (SSSR count). The molecule has 1 aliphatic heterocycles. The minimum Gasteiger partial charge on any atom is -0.497 e. The molecule has 0 spiro atoms. The first-order chi connectivity index (χ1) is 13.0. The molecule has 27 heavy (non-hydrogen) atoms. The third-order valence-corrected chi connectivity index (χ3v) is 5.81. The van der Waals surface area contributed by atoms with E-state index in [1.807, 2.05) is 19.1 Å². The molecule has 1 aromatic carbocycles. The van der Waals surface area contributed by atoms with E-state index in [0.29, 0.717) is 13.1 Å². The Morgan fingerprint density at radius 3 is 2.59 bits per heavy atom. The first-order valence-electron chi connectivity index (χ1n) is 9.38. The van der Waals surface area contributed by atoms with Crippen molar-refractivity contribution in [3.63, 3.8) is 0 Å². The van der Waals surface area contributed by atoms with Crippen LogP contribution in [-0.4, -0.2) is 78.0 Å². The molecule has 1 saturated heterocycles. The van der Waals surface area contributed by atoms with Crippen molar-refractivity contribution in [3.05, 3.63) is 24.3 Å². The molecule has 0 bridgehead atoms. The summed E-state index contributed by atoms with van der Waals surface area (Å²) in [6, 6.07) is 8.10. The van der Waals surface area contributed by atoms with Crippen LogP contribution >= 0.6 is 0 Å². The van der Waals surface area contributed by atoms with Gasteiger partial charge in [0.05, 0.1) is 19.4 Å². The Morgan fingerprint density at radius 2 is 1.96 bits per heavy atom. The molecular weight excluding hydrogens is 366 g/mol. The molecule has 0 aromatic heterocycles. The lowest BCUT2D eigenvalue weighted by Crippen LogP contribution is -2.52. The summed E-state index contributed by atoms with van der Waals surface area (Å²) < 4.78 is 30.8. The van der Waals surface area contributed by atoms with Crippen LogP contribution in [0.2, 0.25) is 0 Å². The molecule has 0 saturated carbocycles. The van der Waals surface area contributed by atoms with Gasteiger partial charge in [-0.1, -0.05) is 6.07 Å². The molecule has 0 unspecified atom stereocenters. The summed E-state index contributed by atoms with van der Waals surface area (Å²) in [6.07, 6.45) is 0. The van der Waals surface area contributed by atoms with Crippen LogP contribution in [0.1, 0.15) is 13.8 Å². The summed E-state index contributed by atoms with van der Waals surface area (Å²) in [4.78, 5) is 9.11. The number of methoxy groups -OCH3 is 1. The van der Waals surface area contributed by atoms with Crippen LogP contribution in [0.4, 0.5) is 5.69 Å². The van der Waals surface area contributed by atoms with Crippen molar-refractivity contribution in [2.75, 3.05) is 63.6 Å². The normalized spacial score (nSPS) is 15.7. The van der Waals surface area contributed by atoms with Gasteiger partial charge in [-0.25, -0.2) is 13.1 Å².